The highest BCUT2D eigenvalue weighted by Gasteiger charge is 1.95. The molecule has 0 amide bonds. The molecular formula is C5H12N2S. The Morgan fingerprint density at radius 2 is 1.88 bits per heavy atom. The van der Waals surface area contributed by atoms with Crippen LogP contribution in [0, 0.1) is 0 Å². The highest BCUT2D eigenvalue weighted by Crippen LogP contribution is 1.83. The first-order chi connectivity index (χ1) is 3.72. The van der Waals surface area contributed by atoms with E-state index in [0.29, 0.717) is 5.11 Å². The van der Waals surface area contributed by atoms with Crippen molar-refractivity contribution < 1.29 is 0 Å². The summed E-state index contributed by atoms with van der Waals surface area (Å²) in [5, 5.41) is 0.495. The van der Waals surface area contributed by atoms with E-state index in [9.17, 15) is 0 Å². The molecule has 0 aliphatic rings. The summed E-state index contributed by atoms with van der Waals surface area (Å²) >= 11 is 4.72. The van der Waals surface area contributed by atoms with E-state index in [0.717, 1.165) is 13.1 Å². The molecule has 0 bridgehead atoms. The smallest absolute Gasteiger partial charge is 0.166 e. The Balaban J connectivity index is 3.52. The molecule has 0 spiro atoms. The number of nitrogens with two attached hydrogens (primary N) is 1. The first-order valence-electron chi connectivity index (χ1n) is 2.76. The van der Waals surface area contributed by atoms with Gasteiger partial charge in [-0.1, -0.05) is 0 Å². The first kappa shape index (κ1) is 7.69. The van der Waals surface area contributed by atoms with E-state index in [1.165, 1.54) is 0 Å². The van der Waals surface area contributed by atoms with Crippen molar-refractivity contribution in [2.24, 2.45) is 5.73 Å². The van der Waals surface area contributed by atoms with Gasteiger partial charge in [0.1, 0.15) is 0 Å². The third kappa shape index (κ3) is 2.12. The van der Waals surface area contributed by atoms with Crippen molar-refractivity contribution in [3.63, 3.8) is 0 Å². The maximum absolute atomic E-state index is 5.32. The molecule has 0 fully saturated rings. The Hall–Kier alpha value is -0.310. The average molecular weight is 132 g/mol. The van der Waals surface area contributed by atoms with Crippen LogP contribution < -0.4 is 5.73 Å². The topological polar surface area (TPSA) is 29.3 Å². The van der Waals surface area contributed by atoms with Gasteiger partial charge in [-0.05, 0) is 26.1 Å². The molecule has 0 rings (SSSR count). The molecule has 2 N–H and O–H groups in total. The lowest BCUT2D eigenvalue weighted by molar-refractivity contribution is 0.469. The minimum absolute atomic E-state index is 0.495. The van der Waals surface area contributed by atoms with E-state index in [1.807, 2.05) is 18.7 Å². The molecular weight excluding hydrogens is 120 g/mol. The van der Waals surface area contributed by atoms with Crippen molar-refractivity contribution in [3.8, 4) is 0 Å². The summed E-state index contributed by atoms with van der Waals surface area (Å²) in [4.78, 5) is 1.93. The lowest BCUT2D eigenvalue weighted by Gasteiger charge is -2.17. The van der Waals surface area contributed by atoms with Gasteiger partial charge in [0.15, 0.2) is 5.11 Å². The van der Waals surface area contributed by atoms with Gasteiger partial charge >= 0.3 is 0 Å². The van der Waals surface area contributed by atoms with E-state index < -0.39 is 0 Å². The number of rotatable bonds is 2. The van der Waals surface area contributed by atoms with E-state index in [2.05, 4.69) is 0 Å². The Labute approximate surface area is 55.7 Å². The standard InChI is InChI=1S/C5H12N2S/c1-3-7(4-2)5(6)8/h3-4H2,1-2H3,(H2,6,8). The summed E-state index contributed by atoms with van der Waals surface area (Å²) in [5.41, 5.74) is 5.32. The van der Waals surface area contributed by atoms with Gasteiger partial charge < -0.3 is 10.6 Å². The molecule has 0 heterocycles. The molecule has 0 aromatic rings. The van der Waals surface area contributed by atoms with Crippen molar-refractivity contribution in [2.45, 2.75) is 13.8 Å². The van der Waals surface area contributed by atoms with E-state index in [1.54, 1.807) is 0 Å². The Bertz CT molecular complexity index is 78.5. The fourth-order valence-electron chi connectivity index (χ4n) is 0.535. The van der Waals surface area contributed by atoms with Crippen LogP contribution in [0.2, 0.25) is 0 Å². The minimum atomic E-state index is 0.495. The average Bonchev–Trinajstić information content (AvgIpc) is 1.69. The second-order valence-corrected chi connectivity index (χ2v) is 1.93. The lowest BCUT2D eigenvalue weighted by Crippen LogP contribution is -2.34. The summed E-state index contributed by atoms with van der Waals surface area (Å²) in [6.45, 7) is 5.88. The zero-order valence-corrected chi connectivity index (χ0v) is 6.16. The summed E-state index contributed by atoms with van der Waals surface area (Å²) in [6, 6.07) is 0. The Morgan fingerprint density at radius 3 is 1.88 bits per heavy atom. The third-order valence-electron chi connectivity index (χ3n) is 1.08. The van der Waals surface area contributed by atoms with Gasteiger partial charge in [0, 0.05) is 13.1 Å². The van der Waals surface area contributed by atoms with Crippen LogP contribution in [-0.2, 0) is 0 Å². The van der Waals surface area contributed by atoms with Crippen LogP contribution in [0.15, 0.2) is 0 Å². The number of hydrogen-bond donors (Lipinski definition) is 1. The van der Waals surface area contributed by atoms with Gasteiger partial charge in [-0.2, -0.15) is 0 Å². The SMILES string of the molecule is CCN(CC)C(N)=S. The minimum Gasteiger partial charge on any atom is -0.376 e. The van der Waals surface area contributed by atoms with Crippen LogP contribution in [0.3, 0.4) is 0 Å². The Kier molecular flexibility index (Phi) is 3.52. The molecule has 0 saturated heterocycles. The second kappa shape index (κ2) is 3.66. The highest BCUT2D eigenvalue weighted by atomic mass is 32.1. The number of hydrogen-bond acceptors (Lipinski definition) is 1. The lowest BCUT2D eigenvalue weighted by atomic mass is 10.6. The predicted molar refractivity (Wildman–Crippen MR) is 39.7 cm³/mol. The maximum Gasteiger partial charge on any atom is 0.166 e. The van der Waals surface area contributed by atoms with Crippen molar-refractivity contribution in [2.75, 3.05) is 13.1 Å². The van der Waals surface area contributed by atoms with Crippen molar-refractivity contribution in [1.29, 1.82) is 0 Å². The second-order valence-electron chi connectivity index (χ2n) is 1.51. The van der Waals surface area contributed by atoms with Gasteiger partial charge in [0.25, 0.3) is 0 Å². The van der Waals surface area contributed by atoms with Crippen LogP contribution in [-0.4, -0.2) is 23.1 Å². The fraction of sp³-hybridized carbons (Fsp3) is 0.800. The zero-order chi connectivity index (χ0) is 6.57. The van der Waals surface area contributed by atoms with Crippen molar-refractivity contribution in [3.05, 3.63) is 0 Å². The van der Waals surface area contributed by atoms with E-state index in [-0.39, 0.29) is 0 Å². The summed E-state index contributed by atoms with van der Waals surface area (Å²) in [5.74, 6) is 0. The molecule has 48 valence electrons. The van der Waals surface area contributed by atoms with Crippen LogP contribution in [0.1, 0.15) is 13.8 Å². The van der Waals surface area contributed by atoms with Crippen LogP contribution in [0.5, 0.6) is 0 Å². The van der Waals surface area contributed by atoms with Crippen LogP contribution >= 0.6 is 12.2 Å². The molecule has 0 saturated carbocycles. The maximum atomic E-state index is 5.32. The Morgan fingerprint density at radius 1 is 1.50 bits per heavy atom. The van der Waals surface area contributed by atoms with Gasteiger partial charge in [-0.25, -0.2) is 0 Å². The molecule has 0 aliphatic carbocycles. The van der Waals surface area contributed by atoms with Crippen molar-refractivity contribution >= 4 is 17.3 Å². The number of nitrogens with zero attached hydrogens (tertiary/aromatic N) is 1. The normalized spacial score (nSPS) is 8.75. The summed E-state index contributed by atoms with van der Waals surface area (Å²) < 4.78 is 0. The molecule has 0 aromatic heterocycles. The quantitative estimate of drug-likeness (QED) is 0.557. The molecule has 0 radical (unpaired) electrons. The monoisotopic (exact) mass is 132 g/mol. The van der Waals surface area contributed by atoms with Gasteiger partial charge in [0.2, 0.25) is 0 Å². The summed E-state index contributed by atoms with van der Waals surface area (Å²) in [7, 11) is 0. The molecule has 3 heteroatoms. The molecule has 8 heavy (non-hydrogen) atoms. The number of thiocarbonyl (C=S) groups is 1. The zero-order valence-electron chi connectivity index (χ0n) is 5.35. The van der Waals surface area contributed by atoms with Crippen LogP contribution in [0.4, 0.5) is 0 Å². The molecule has 0 unspecified atom stereocenters. The predicted octanol–water partition coefficient (Wildman–Crippen LogP) is 0.572. The molecule has 2 nitrogen and oxygen atoms in total. The van der Waals surface area contributed by atoms with E-state index >= 15 is 0 Å². The van der Waals surface area contributed by atoms with E-state index in [4.69, 9.17) is 18.0 Å². The van der Waals surface area contributed by atoms with Gasteiger partial charge in [0.05, 0.1) is 0 Å². The molecule has 0 aromatic carbocycles. The molecule has 0 aliphatic heterocycles. The third-order valence-corrected chi connectivity index (χ3v) is 1.33. The van der Waals surface area contributed by atoms with Crippen LogP contribution in [0.25, 0.3) is 0 Å². The first-order valence-corrected chi connectivity index (χ1v) is 3.17. The van der Waals surface area contributed by atoms with Crippen molar-refractivity contribution in [1.82, 2.24) is 4.90 Å². The van der Waals surface area contributed by atoms with Gasteiger partial charge in [-0.15, -0.1) is 0 Å². The molecule has 0 atom stereocenters. The highest BCUT2D eigenvalue weighted by molar-refractivity contribution is 7.80. The van der Waals surface area contributed by atoms with Gasteiger partial charge in [-0.3, -0.25) is 0 Å². The fourth-order valence-corrected chi connectivity index (χ4v) is 0.793. The largest absolute Gasteiger partial charge is 0.376 e. The summed E-state index contributed by atoms with van der Waals surface area (Å²) in [6.07, 6.45) is 0.